The first-order valence-corrected chi connectivity index (χ1v) is 4.97. The molecule has 0 saturated heterocycles. The van der Waals surface area contributed by atoms with E-state index in [1.54, 1.807) is 11.6 Å². The normalized spacial score (nSPS) is 10.9. The van der Waals surface area contributed by atoms with Crippen LogP contribution in [0.3, 0.4) is 0 Å². The lowest BCUT2D eigenvalue weighted by atomic mass is 10.4. The van der Waals surface area contributed by atoms with Gasteiger partial charge in [0.15, 0.2) is 0 Å². The zero-order chi connectivity index (χ0) is 10.7. The van der Waals surface area contributed by atoms with Gasteiger partial charge in [0.25, 0.3) is 0 Å². The van der Waals surface area contributed by atoms with Gasteiger partial charge >= 0.3 is 5.69 Å². The van der Waals surface area contributed by atoms with Crippen molar-refractivity contribution >= 4 is 5.95 Å². The molecule has 0 aromatic carbocycles. The van der Waals surface area contributed by atoms with Gasteiger partial charge in [0, 0.05) is 19.6 Å². The molecule has 1 aromatic heterocycles. The van der Waals surface area contributed by atoms with Crippen molar-refractivity contribution < 1.29 is 0 Å². The maximum absolute atomic E-state index is 11.6. The van der Waals surface area contributed by atoms with Gasteiger partial charge in [0.05, 0.1) is 0 Å². The summed E-state index contributed by atoms with van der Waals surface area (Å²) in [6.45, 7) is 6.86. The fraction of sp³-hybridized carbons (Fsp3) is 0.778. The van der Waals surface area contributed by atoms with E-state index in [0.29, 0.717) is 5.95 Å². The number of nitrogens with zero attached hydrogens (tertiary/aromatic N) is 3. The largest absolute Gasteiger partial charge is 0.354 e. The molecule has 0 aliphatic carbocycles. The molecule has 1 N–H and O–H groups in total. The van der Waals surface area contributed by atoms with E-state index >= 15 is 0 Å². The maximum Gasteiger partial charge on any atom is 0.347 e. The van der Waals surface area contributed by atoms with Crippen molar-refractivity contribution in [3.8, 4) is 0 Å². The third kappa shape index (κ3) is 1.97. The molecular weight excluding hydrogens is 180 g/mol. The van der Waals surface area contributed by atoms with Crippen LogP contribution in [0, 0.1) is 0 Å². The number of hydrogen-bond donors (Lipinski definition) is 1. The van der Waals surface area contributed by atoms with Gasteiger partial charge in [-0.15, -0.1) is 5.10 Å². The van der Waals surface area contributed by atoms with E-state index in [1.165, 1.54) is 4.68 Å². The molecule has 0 amide bonds. The molecule has 0 saturated carbocycles. The van der Waals surface area contributed by atoms with E-state index in [2.05, 4.69) is 17.3 Å². The van der Waals surface area contributed by atoms with Gasteiger partial charge in [-0.2, -0.15) is 0 Å². The van der Waals surface area contributed by atoms with Crippen LogP contribution < -0.4 is 11.0 Å². The van der Waals surface area contributed by atoms with E-state index in [1.807, 2.05) is 13.8 Å². The van der Waals surface area contributed by atoms with E-state index in [0.717, 1.165) is 13.0 Å². The van der Waals surface area contributed by atoms with Crippen molar-refractivity contribution in [2.24, 2.45) is 7.05 Å². The second-order valence-electron chi connectivity index (χ2n) is 3.62. The molecule has 5 heteroatoms. The van der Waals surface area contributed by atoms with Gasteiger partial charge in [0.2, 0.25) is 5.95 Å². The molecule has 0 bridgehead atoms. The predicted molar refractivity (Wildman–Crippen MR) is 56.6 cm³/mol. The van der Waals surface area contributed by atoms with Crippen LogP contribution in [0.1, 0.15) is 33.2 Å². The lowest BCUT2D eigenvalue weighted by Gasteiger charge is -2.09. The first-order chi connectivity index (χ1) is 6.57. The standard InChI is InChI=1S/C9H18N4O/c1-5-6-10-8-11-12(4)9(14)13(8)7(2)3/h7H,5-6H2,1-4H3,(H,10,11). The van der Waals surface area contributed by atoms with E-state index in [4.69, 9.17) is 0 Å². The lowest BCUT2D eigenvalue weighted by Crippen LogP contribution is -2.25. The highest BCUT2D eigenvalue weighted by atomic mass is 16.2. The Morgan fingerprint density at radius 1 is 1.50 bits per heavy atom. The Bertz CT molecular complexity index is 350. The minimum absolute atomic E-state index is 0.0707. The Balaban J connectivity index is 3.03. The molecule has 5 nitrogen and oxygen atoms in total. The molecule has 1 rings (SSSR count). The van der Waals surface area contributed by atoms with E-state index in [9.17, 15) is 4.79 Å². The molecule has 0 atom stereocenters. The zero-order valence-electron chi connectivity index (χ0n) is 9.24. The summed E-state index contributed by atoms with van der Waals surface area (Å²) >= 11 is 0. The average molecular weight is 198 g/mol. The topological polar surface area (TPSA) is 51.9 Å². The minimum atomic E-state index is -0.0707. The first-order valence-electron chi connectivity index (χ1n) is 4.97. The highest BCUT2D eigenvalue weighted by Crippen LogP contribution is 2.07. The smallest absolute Gasteiger partial charge is 0.347 e. The number of aromatic nitrogens is 3. The summed E-state index contributed by atoms with van der Waals surface area (Å²) in [6, 6.07) is 0.135. The maximum atomic E-state index is 11.6. The Hall–Kier alpha value is -1.26. The summed E-state index contributed by atoms with van der Waals surface area (Å²) in [7, 11) is 1.67. The monoisotopic (exact) mass is 198 g/mol. The van der Waals surface area contributed by atoms with Crippen molar-refractivity contribution in [1.82, 2.24) is 14.3 Å². The quantitative estimate of drug-likeness (QED) is 0.784. The predicted octanol–water partition coefficient (Wildman–Crippen LogP) is 0.985. The van der Waals surface area contributed by atoms with Crippen molar-refractivity contribution in [1.29, 1.82) is 0 Å². The lowest BCUT2D eigenvalue weighted by molar-refractivity contribution is 0.570. The molecule has 0 radical (unpaired) electrons. The van der Waals surface area contributed by atoms with Crippen molar-refractivity contribution in [3.05, 3.63) is 10.5 Å². The number of rotatable bonds is 4. The van der Waals surface area contributed by atoms with Crippen LogP contribution in [0.5, 0.6) is 0 Å². The molecule has 0 fully saturated rings. The van der Waals surface area contributed by atoms with E-state index in [-0.39, 0.29) is 11.7 Å². The summed E-state index contributed by atoms with van der Waals surface area (Å²) in [4.78, 5) is 11.6. The van der Waals surface area contributed by atoms with Gasteiger partial charge in [-0.1, -0.05) is 6.92 Å². The van der Waals surface area contributed by atoms with Crippen LogP contribution in [0.2, 0.25) is 0 Å². The molecule has 1 heterocycles. The highest BCUT2D eigenvalue weighted by molar-refractivity contribution is 5.24. The van der Waals surface area contributed by atoms with Crippen LogP contribution in [0.4, 0.5) is 5.95 Å². The van der Waals surface area contributed by atoms with Gasteiger partial charge in [0.1, 0.15) is 0 Å². The number of anilines is 1. The fourth-order valence-corrected chi connectivity index (χ4v) is 1.30. The first kappa shape index (κ1) is 10.8. The van der Waals surface area contributed by atoms with Crippen LogP contribution in [-0.2, 0) is 7.05 Å². The Morgan fingerprint density at radius 3 is 2.64 bits per heavy atom. The number of aryl methyl sites for hydroxylation is 1. The second kappa shape index (κ2) is 4.30. The summed E-state index contributed by atoms with van der Waals surface area (Å²) in [5, 5.41) is 7.26. The Labute approximate surface area is 83.7 Å². The molecular formula is C9H18N4O. The summed E-state index contributed by atoms with van der Waals surface area (Å²) < 4.78 is 3.02. The third-order valence-corrected chi connectivity index (χ3v) is 2.01. The summed E-state index contributed by atoms with van der Waals surface area (Å²) in [5.74, 6) is 0.661. The zero-order valence-corrected chi connectivity index (χ0v) is 9.24. The Kier molecular flexibility index (Phi) is 3.33. The van der Waals surface area contributed by atoms with E-state index < -0.39 is 0 Å². The SMILES string of the molecule is CCCNc1nn(C)c(=O)n1C(C)C. The molecule has 0 unspecified atom stereocenters. The Morgan fingerprint density at radius 2 is 2.14 bits per heavy atom. The van der Waals surface area contributed by atoms with Gasteiger partial charge < -0.3 is 5.32 Å². The van der Waals surface area contributed by atoms with Crippen LogP contribution in [-0.4, -0.2) is 20.9 Å². The van der Waals surface area contributed by atoms with Crippen LogP contribution in [0.25, 0.3) is 0 Å². The summed E-state index contributed by atoms with van der Waals surface area (Å²) in [6.07, 6.45) is 1.02. The highest BCUT2D eigenvalue weighted by Gasteiger charge is 2.12. The van der Waals surface area contributed by atoms with Gasteiger partial charge in [-0.25, -0.2) is 9.48 Å². The molecule has 0 aliphatic rings. The summed E-state index contributed by atoms with van der Waals surface area (Å²) in [5.41, 5.74) is -0.0707. The average Bonchev–Trinajstić information content (AvgIpc) is 2.39. The van der Waals surface area contributed by atoms with Gasteiger partial charge in [-0.3, -0.25) is 4.57 Å². The van der Waals surface area contributed by atoms with Crippen molar-refractivity contribution in [2.45, 2.75) is 33.2 Å². The van der Waals surface area contributed by atoms with Crippen molar-refractivity contribution in [2.75, 3.05) is 11.9 Å². The molecule has 80 valence electrons. The second-order valence-corrected chi connectivity index (χ2v) is 3.62. The molecule has 14 heavy (non-hydrogen) atoms. The minimum Gasteiger partial charge on any atom is -0.354 e. The third-order valence-electron chi connectivity index (χ3n) is 2.01. The van der Waals surface area contributed by atoms with Crippen molar-refractivity contribution in [3.63, 3.8) is 0 Å². The van der Waals surface area contributed by atoms with Crippen LogP contribution >= 0.6 is 0 Å². The molecule has 1 aromatic rings. The fourth-order valence-electron chi connectivity index (χ4n) is 1.30. The molecule has 0 spiro atoms. The number of nitrogens with one attached hydrogen (secondary N) is 1. The van der Waals surface area contributed by atoms with Crippen LogP contribution in [0.15, 0.2) is 4.79 Å². The molecule has 0 aliphatic heterocycles. The van der Waals surface area contributed by atoms with Gasteiger partial charge in [-0.05, 0) is 20.3 Å². The number of hydrogen-bond acceptors (Lipinski definition) is 3.